The Morgan fingerprint density at radius 2 is 2.08 bits per heavy atom. The van der Waals surface area contributed by atoms with E-state index in [0.717, 1.165) is 52.1 Å². The summed E-state index contributed by atoms with van der Waals surface area (Å²) in [5.41, 5.74) is 0. The summed E-state index contributed by atoms with van der Waals surface area (Å²) < 4.78 is 0. The Kier molecular flexibility index (Phi) is 5.33. The summed E-state index contributed by atoms with van der Waals surface area (Å²) in [5, 5.41) is 2.29. The zero-order chi connectivity index (χ0) is 17.2. The molecule has 1 aliphatic carbocycles. The second-order valence-electron chi connectivity index (χ2n) is 7.22. The van der Waals surface area contributed by atoms with Crippen molar-refractivity contribution in [3.05, 3.63) is 22.4 Å². The third-order valence-electron chi connectivity index (χ3n) is 5.70. The van der Waals surface area contributed by atoms with Gasteiger partial charge in [0.1, 0.15) is 5.37 Å². The molecule has 1 aromatic heterocycles. The molecule has 5 nitrogen and oxygen atoms in total. The van der Waals surface area contributed by atoms with E-state index in [9.17, 15) is 9.59 Å². The lowest BCUT2D eigenvalue weighted by atomic mass is 9.84. The number of nitrogens with zero attached hydrogens (tertiary/aromatic N) is 2. The molecule has 3 fully saturated rings. The Balaban J connectivity index is 1.26. The largest absolute Gasteiger partial charge is 0.331 e. The second kappa shape index (κ2) is 7.68. The number of thioether (sulfide) groups is 1. The van der Waals surface area contributed by atoms with Gasteiger partial charge in [-0.1, -0.05) is 12.5 Å². The van der Waals surface area contributed by atoms with Crippen molar-refractivity contribution in [3.8, 4) is 0 Å². The number of carbonyl (C=O) groups excluding carboxylic acids is 2. The quantitative estimate of drug-likeness (QED) is 0.824. The molecule has 1 N–H and O–H groups in total. The number of piperazine rings is 1. The fraction of sp³-hybridized carbons (Fsp3) is 0.667. The van der Waals surface area contributed by atoms with Gasteiger partial charge in [-0.05, 0) is 24.3 Å². The van der Waals surface area contributed by atoms with Crippen molar-refractivity contribution in [3.63, 3.8) is 0 Å². The minimum Gasteiger partial charge on any atom is -0.331 e. The average Bonchev–Trinajstić information content (AvgIpc) is 3.21. The first-order chi connectivity index (χ1) is 12.2. The molecule has 3 heterocycles. The molecule has 1 aromatic rings. The number of carbonyl (C=O) groups is 2. The average molecular weight is 381 g/mol. The molecule has 1 atom stereocenters. The van der Waals surface area contributed by atoms with Crippen molar-refractivity contribution >= 4 is 34.9 Å². The molecule has 7 heteroatoms. The van der Waals surface area contributed by atoms with Crippen molar-refractivity contribution in [1.82, 2.24) is 9.80 Å². The van der Waals surface area contributed by atoms with Crippen LogP contribution in [0.5, 0.6) is 0 Å². The Morgan fingerprint density at radius 3 is 2.72 bits per heavy atom. The zero-order valence-corrected chi connectivity index (χ0v) is 16.1. The van der Waals surface area contributed by atoms with Gasteiger partial charge in [-0.2, -0.15) is 0 Å². The number of nitrogens with one attached hydrogen (secondary N) is 1. The second-order valence-corrected chi connectivity index (χ2v) is 9.27. The van der Waals surface area contributed by atoms with Crippen LogP contribution in [0.2, 0.25) is 0 Å². The molecule has 25 heavy (non-hydrogen) atoms. The summed E-state index contributed by atoms with van der Waals surface area (Å²) in [6.07, 6.45) is 3.39. The van der Waals surface area contributed by atoms with Crippen LogP contribution in [0.1, 0.15) is 29.5 Å². The monoisotopic (exact) mass is 380 g/mol. The molecule has 1 saturated carbocycles. The van der Waals surface area contributed by atoms with Crippen molar-refractivity contribution in [2.24, 2.45) is 5.92 Å². The van der Waals surface area contributed by atoms with E-state index >= 15 is 0 Å². The molecule has 3 aliphatic rings. The highest BCUT2D eigenvalue weighted by molar-refractivity contribution is 8.00. The molecule has 136 valence electrons. The molecule has 0 unspecified atom stereocenters. The maximum Gasteiger partial charge on any atom is 0.234 e. The van der Waals surface area contributed by atoms with Gasteiger partial charge in [0.2, 0.25) is 11.8 Å². The van der Waals surface area contributed by atoms with Crippen LogP contribution in [0.15, 0.2) is 17.5 Å². The lowest BCUT2D eigenvalue weighted by Crippen LogP contribution is -3.15. The normalized spacial score (nSPS) is 25.4. The highest BCUT2D eigenvalue weighted by atomic mass is 32.2. The van der Waals surface area contributed by atoms with Crippen molar-refractivity contribution in [2.75, 3.05) is 45.0 Å². The minimum atomic E-state index is 0.202. The van der Waals surface area contributed by atoms with Crippen LogP contribution < -0.4 is 4.90 Å². The first-order valence-electron chi connectivity index (χ1n) is 9.29. The highest BCUT2D eigenvalue weighted by Crippen LogP contribution is 2.40. The van der Waals surface area contributed by atoms with Gasteiger partial charge in [-0.3, -0.25) is 9.59 Å². The molecule has 0 aromatic carbocycles. The van der Waals surface area contributed by atoms with Gasteiger partial charge in [0.05, 0.1) is 45.0 Å². The molecule has 2 amide bonds. The van der Waals surface area contributed by atoms with Crippen molar-refractivity contribution in [1.29, 1.82) is 0 Å². The van der Waals surface area contributed by atoms with E-state index in [1.54, 1.807) is 23.1 Å². The van der Waals surface area contributed by atoms with Gasteiger partial charge in [0, 0.05) is 10.8 Å². The molecule has 2 aliphatic heterocycles. The number of hydrogen-bond donors (Lipinski definition) is 1. The third kappa shape index (κ3) is 3.73. The van der Waals surface area contributed by atoms with Gasteiger partial charge >= 0.3 is 0 Å². The Labute approximate surface area is 157 Å². The predicted octanol–water partition coefficient (Wildman–Crippen LogP) is 0.849. The molecular weight excluding hydrogens is 354 g/mol. The lowest BCUT2D eigenvalue weighted by Gasteiger charge is -2.37. The van der Waals surface area contributed by atoms with E-state index < -0.39 is 0 Å². The Morgan fingerprint density at radius 1 is 1.28 bits per heavy atom. The number of hydrogen-bond acceptors (Lipinski definition) is 4. The highest BCUT2D eigenvalue weighted by Gasteiger charge is 2.35. The van der Waals surface area contributed by atoms with E-state index in [2.05, 4.69) is 27.3 Å². The number of thiophene rings is 1. The van der Waals surface area contributed by atoms with Crippen LogP contribution >= 0.6 is 23.1 Å². The van der Waals surface area contributed by atoms with E-state index in [0.29, 0.717) is 17.6 Å². The third-order valence-corrected chi connectivity index (χ3v) is 8.01. The van der Waals surface area contributed by atoms with Gasteiger partial charge in [-0.15, -0.1) is 23.1 Å². The van der Waals surface area contributed by atoms with E-state index in [-0.39, 0.29) is 11.3 Å². The number of quaternary nitrogens is 1. The topological polar surface area (TPSA) is 45.1 Å². The molecule has 0 radical (unpaired) electrons. The molecular formula is C18H26N3O2S2+. The van der Waals surface area contributed by atoms with Gasteiger partial charge in [0.15, 0.2) is 0 Å². The lowest BCUT2D eigenvalue weighted by molar-refractivity contribution is -0.903. The first kappa shape index (κ1) is 17.4. The van der Waals surface area contributed by atoms with Crippen LogP contribution in [0.3, 0.4) is 0 Å². The van der Waals surface area contributed by atoms with E-state index in [1.807, 2.05) is 0 Å². The maximum atomic E-state index is 12.3. The predicted molar refractivity (Wildman–Crippen MR) is 101 cm³/mol. The summed E-state index contributed by atoms with van der Waals surface area (Å²) >= 11 is 3.48. The molecule has 0 spiro atoms. The molecule has 0 bridgehead atoms. The molecule has 4 rings (SSSR count). The summed E-state index contributed by atoms with van der Waals surface area (Å²) in [7, 11) is 0. The van der Waals surface area contributed by atoms with Crippen LogP contribution in [0.4, 0.5) is 0 Å². The van der Waals surface area contributed by atoms with Crippen molar-refractivity contribution < 1.29 is 14.5 Å². The fourth-order valence-corrected chi connectivity index (χ4v) is 6.05. The minimum absolute atomic E-state index is 0.202. The van der Waals surface area contributed by atoms with Crippen LogP contribution in [0, 0.1) is 5.92 Å². The molecule has 2 saturated heterocycles. The van der Waals surface area contributed by atoms with Gasteiger partial charge < -0.3 is 14.7 Å². The summed E-state index contributed by atoms with van der Waals surface area (Å²) in [6.45, 7) is 5.58. The standard InChI is InChI=1S/C18H25N3O2S2/c22-16-13-25-18(15-5-2-12-24-15)21(16)11-8-19-6-9-20(10-7-19)17(23)14-3-1-4-14/h2,5,12,14,18H,1,3-4,6-11,13H2/p+1/t18-/m1/s1. The van der Waals surface area contributed by atoms with Gasteiger partial charge in [-0.25, -0.2) is 0 Å². The van der Waals surface area contributed by atoms with Gasteiger partial charge in [0.25, 0.3) is 0 Å². The number of rotatable bonds is 5. The van der Waals surface area contributed by atoms with Crippen molar-refractivity contribution in [2.45, 2.75) is 24.6 Å². The SMILES string of the molecule is O=C(C1CCC1)N1CC[NH+](CCN2C(=O)CS[C@@H]2c2cccs2)CC1. The van der Waals surface area contributed by atoms with Crippen LogP contribution in [-0.4, -0.2) is 66.6 Å². The zero-order valence-electron chi connectivity index (χ0n) is 14.5. The van der Waals surface area contributed by atoms with E-state index in [4.69, 9.17) is 0 Å². The summed E-state index contributed by atoms with van der Waals surface area (Å²) in [6, 6.07) is 4.19. The Hall–Kier alpha value is -1.05. The summed E-state index contributed by atoms with van der Waals surface area (Å²) in [4.78, 5) is 31.5. The smallest absolute Gasteiger partial charge is 0.234 e. The van der Waals surface area contributed by atoms with E-state index in [1.165, 1.54) is 16.2 Å². The van der Waals surface area contributed by atoms with Crippen LogP contribution in [0.25, 0.3) is 0 Å². The fourth-order valence-electron chi connectivity index (χ4n) is 3.85. The maximum absolute atomic E-state index is 12.3. The Bertz CT molecular complexity index is 610. The van der Waals surface area contributed by atoms with Crippen LogP contribution in [-0.2, 0) is 9.59 Å². The number of amides is 2. The first-order valence-corrected chi connectivity index (χ1v) is 11.2. The summed E-state index contributed by atoms with van der Waals surface area (Å²) in [5.74, 6) is 1.56.